The van der Waals surface area contributed by atoms with Crippen molar-refractivity contribution in [2.45, 2.75) is 98.3 Å². The summed E-state index contributed by atoms with van der Waals surface area (Å²) >= 11 is 0. The molecule has 0 aromatic heterocycles. The van der Waals surface area contributed by atoms with E-state index in [1.54, 1.807) is 0 Å². The fourth-order valence-electron chi connectivity index (χ4n) is 10.2. The molecule has 0 amide bonds. The number of aliphatic hydroxyl groups excluding tert-OH is 1. The van der Waals surface area contributed by atoms with Gasteiger partial charge in [-0.3, -0.25) is 9.59 Å². The Hall–Kier alpha value is -1.42. The van der Waals surface area contributed by atoms with Gasteiger partial charge in [0.1, 0.15) is 6.29 Å². The van der Waals surface area contributed by atoms with Crippen molar-refractivity contribution in [2.75, 3.05) is 13.7 Å². The van der Waals surface area contributed by atoms with Crippen LogP contribution in [0.15, 0.2) is 23.8 Å². The van der Waals surface area contributed by atoms with Crippen LogP contribution in [-0.4, -0.2) is 31.1 Å². The van der Waals surface area contributed by atoms with Crippen molar-refractivity contribution in [1.29, 1.82) is 0 Å². The van der Waals surface area contributed by atoms with Crippen LogP contribution in [0.5, 0.6) is 0 Å². The number of allylic oxidation sites excluding steroid dienone is 2. The van der Waals surface area contributed by atoms with Crippen LogP contribution in [0.25, 0.3) is 0 Å². The summed E-state index contributed by atoms with van der Waals surface area (Å²) in [7, 11) is 1.49. The summed E-state index contributed by atoms with van der Waals surface area (Å²) in [6.45, 7) is 13.9. The highest BCUT2D eigenvalue weighted by Gasteiger charge is 2.80. The zero-order chi connectivity index (χ0) is 25.6. The predicted octanol–water partition coefficient (Wildman–Crippen LogP) is 6.67. The molecule has 4 fully saturated rings. The van der Waals surface area contributed by atoms with E-state index < -0.39 is 0 Å². The van der Waals surface area contributed by atoms with Gasteiger partial charge in [-0.05, 0) is 128 Å². The standard InChI is InChI=1S/C31H48O4/c1-21(18-32)8-7-9-22(2)24-12-14-29(5)26-11-10-25(23(3)19-33)30(15-13-27(34)35-6)20-31(26,30)17-16-28(24,29)4/h8,18,22,24-26,33H,3,7,9-17,19-20H2,1-2,4-6H3/b21-8+/t22-,24-,25+,26+,28-,29+,30-,31+/m0/s1. The summed E-state index contributed by atoms with van der Waals surface area (Å²) in [5.41, 5.74) is 2.87. The minimum Gasteiger partial charge on any atom is -0.469 e. The number of ether oxygens (including phenoxy) is 1. The maximum atomic E-state index is 12.2. The fraction of sp³-hybridized carbons (Fsp3) is 0.806. The molecule has 0 aromatic rings. The summed E-state index contributed by atoms with van der Waals surface area (Å²) in [5, 5.41) is 10.00. The molecule has 4 aliphatic rings. The molecule has 4 heteroatoms. The zero-order valence-electron chi connectivity index (χ0n) is 22.8. The SMILES string of the molecule is C=C(CO)[C@H]1CC[C@H]2[C@@]3(CC[C@@]4(C)[C@H]([C@@H](C)CC/C=C(\C)C=O)CC[C@]24C)C[C@@]13CCC(=O)OC. The number of carbonyl (C=O) groups excluding carboxylic acids is 2. The molecular formula is C31H48O4. The van der Waals surface area contributed by atoms with Crippen molar-refractivity contribution in [3.8, 4) is 0 Å². The van der Waals surface area contributed by atoms with Gasteiger partial charge in [-0.1, -0.05) is 33.4 Å². The average molecular weight is 485 g/mol. The van der Waals surface area contributed by atoms with Crippen LogP contribution in [0.3, 0.4) is 0 Å². The predicted molar refractivity (Wildman–Crippen MR) is 140 cm³/mol. The summed E-state index contributed by atoms with van der Waals surface area (Å²) in [5.74, 6) is 2.27. The number of esters is 1. The van der Waals surface area contributed by atoms with E-state index in [9.17, 15) is 14.7 Å². The molecule has 8 atom stereocenters. The first-order valence-electron chi connectivity index (χ1n) is 14.0. The monoisotopic (exact) mass is 484 g/mol. The van der Waals surface area contributed by atoms with Crippen LogP contribution < -0.4 is 0 Å². The van der Waals surface area contributed by atoms with E-state index in [0.29, 0.717) is 35.0 Å². The Morgan fingerprint density at radius 3 is 2.57 bits per heavy atom. The van der Waals surface area contributed by atoms with Gasteiger partial charge in [0.05, 0.1) is 13.7 Å². The lowest BCUT2D eigenvalue weighted by Gasteiger charge is -2.61. The molecule has 0 aromatic carbocycles. The molecule has 0 saturated heterocycles. The lowest BCUT2D eigenvalue weighted by molar-refractivity contribution is -0.142. The highest BCUT2D eigenvalue weighted by atomic mass is 16.5. The maximum absolute atomic E-state index is 12.2. The number of fused-ring (bicyclic) bond motifs is 2. The number of aliphatic hydroxyl groups is 1. The molecule has 0 heterocycles. The van der Waals surface area contributed by atoms with Crippen molar-refractivity contribution in [3.63, 3.8) is 0 Å². The van der Waals surface area contributed by atoms with Crippen molar-refractivity contribution >= 4 is 12.3 Å². The van der Waals surface area contributed by atoms with Gasteiger partial charge in [0.15, 0.2) is 0 Å². The van der Waals surface area contributed by atoms with Crippen LogP contribution in [-0.2, 0) is 14.3 Å². The largest absolute Gasteiger partial charge is 0.469 e. The molecule has 1 N–H and O–H groups in total. The van der Waals surface area contributed by atoms with Crippen LogP contribution in [0.4, 0.5) is 0 Å². The fourth-order valence-corrected chi connectivity index (χ4v) is 10.2. The van der Waals surface area contributed by atoms with E-state index in [2.05, 4.69) is 33.4 Å². The van der Waals surface area contributed by atoms with E-state index in [1.807, 2.05) is 6.92 Å². The van der Waals surface area contributed by atoms with Gasteiger partial charge in [-0.25, -0.2) is 0 Å². The minimum atomic E-state index is -0.114. The third-order valence-electron chi connectivity index (χ3n) is 12.2. The van der Waals surface area contributed by atoms with Gasteiger partial charge < -0.3 is 9.84 Å². The smallest absolute Gasteiger partial charge is 0.305 e. The number of carbonyl (C=O) groups is 2. The molecule has 0 unspecified atom stereocenters. The molecule has 0 aliphatic heterocycles. The lowest BCUT2D eigenvalue weighted by Crippen LogP contribution is -2.54. The first-order chi connectivity index (χ1) is 16.5. The third kappa shape index (κ3) is 3.88. The van der Waals surface area contributed by atoms with E-state index >= 15 is 0 Å². The molecule has 35 heavy (non-hydrogen) atoms. The molecule has 4 aliphatic carbocycles. The number of aldehydes is 1. The van der Waals surface area contributed by atoms with Crippen molar-refractivity contribution in [3.05, 3.63) is 23.8 Å². The number of methoxy groups -OCH3 is 1. The molecule has 0 radical (unpaired) electrons. The van der Waals surface area contributed by atoms with Crippen molar-refractivity contribution < 1.29 is 19.4 Å². The Morgan fingerprint density at radius 2 is 1.91 bits per heavy atom. The van der Waals surface area contributed by atoms with E-state index in [1.165, 1.54) is 45.6 Å². The van der Waals surface area contributed by atoms with Crippen LogP contribution in [0.1, 0.15) is 98.3 Å². The van der Waals surface area contributed by atoms with Crippen LogP contribution >= 0.6 is 0 Å². The second-order valence-electron chi connectivity index (χ2n) is 13.2. The summed E-state index contributed by atoms with van der Waals surface area (Å²) in [6, 6.07) is 0. The highest BCUT2D eigenvalue weighted by Crippen LogP contribution is 2.87. The Labute approximate surface area is 213 Å². The Bertz CT molecular complexity index is 890. The highest BCUT2D eigenvalue weighted by molar-refractivity contribution is 5.71. The quantitative estimate of drug-likeness (QED) is 0.163. The summed E-state index contributed by atoms with van der Waals surface area (Å²) < 4.78 is 5.03. The Morgan fingerprint density at radius 1 is 1.17 bits per heavy atom. The first kappa shape index (κ1) is 26.6. The van der Waals surface area contributed by atoms with E-state index in [4.69, 9.17) is 4.74 Å². The minimum absolute atomic E-state index is 0.0536. The second-order valence-corrected chi connectivity index (χ2v) is 13.2. The molecular weight excluding hydrogens is 436 g/mol. The molecule has 4 saturated carbocycles. The van der Waals surface area contributed by atoms with E-state index in [-0.39, 0.29) is 23.4 Å². The van der Waals surface area contributed by atoms with Gasteiger partial charge in [0, 0.05) is 6.42 Å². The zero-order valence-corrected chi connectivity index (χ0v) is 22.8. The second kappa shape index (κ2) is 9.47. The number of rotatable bonds is 10. The molecule has 196 valence electrons. The number of hydrogen-bond donors (Lipinski definition) is 1. The normalized spacial score (nSPS) is 42.9. The Balaban J connectivity index is 1.58. The van der Waals surface area contributed by atoms with Crippen LogP contribution in [0, 0.1) is 45.3 Å². The molecule has 4 rings (SSSR count). The molecule has 1 spiro atoms. The lowest BCUT2D eigenvalue weighted by atomic mass is 9.43. The van der Waals surface area contributed by atoms with Gasteiger partial charge in [0.2, 0.25) is 0 Å². The van der Waals surface area contributed by atoms with Crippen molar-refractivity contribution in [1.82, 2.24) is 0 Å². The van der Waals surface area contributed by atoms with Gasteiger partial charge in [0.25, 0.3) is 0 Å². The molecule has 4 nitrogen and oxygen atoms in total. The Kier molecular flexibility index (Phi) is 7.21. The molecule has 0 bridgehead atoms. The van der Waals surface area contributed by atoms with Gasteiger partial charge in [-0.2, -0.15) is 0 Å². The van der Waals surface area contributed by atoms with Gasteiger partial charge in [-0.15, -0.1) is 0 Å². The van der Waals surface area contributed by atoms with E-state index in [0.717, 1.165) is 49.0 Å². The summed E-state index contributed by atoms with van der Waals surface area (Å²) in [4.78, 5) is 23.1. The van der Waals surface area contributed by atoms with Gasteiger partial charge >= 0.3 is 5.97 Å². The van der Waals surface area contributed by atoms with Crippen molar-refractivity contribution in [2.24, 2.45) is 45.3 Å². The maximum Gasteiger partial charge on any atom is 0.305 e. The van der Waals surface area contributed by atoms with Crippen LogP contribution in [0.2, 0.25) is 0 Å². The summed E-state index contributed by atoms with van der Waals surface area (Å²) in [6.07, 6.45) is 15.2. The topological polar surface area (TPSA) is 63.6 Å². The average Bonchev–Trinajstić information content (AvgIpc) is 3.44. The number of hydrogen-bond acceptors (Lipinski definition) is 4. The third-order valence-corrected chi connectivity index (χ3v) is 12.2. The first-order valence-corrected chi connectivity index (χ1v) is 14.0.